The molecular weight excluding hydrogens is 280 g/mol. The molecule has 1 aromatic carbocycles. The van der Waals surface area contributed by atoms with Crippen molar-refractivity contribution < 1.29 is 14.2 Å². The minimum absolute atomic E-state index is 0.137. The van der Waals surface area contributed by atoms with E-state index in [1.807, 2.05) is 19.9 Å². The summed E-state index contributed by atoms with van der Waals surface area (Å²) in [4.78, 5) is 2.43. The summed E-state index contributed by atoms with van der Waals surface area (Å²) in [5.41, 5.74) is 1.21. The molecule has 5 nitrogen and oxygen atoms in total. The summed E-state index contributed by atoms with van der Waals surface area (Å²) in [5, 5.41) is 3.49. The molecule has 1 heterocycles. The van der Waals surface area contributed by atoms with E-state index in [9.17, 15) is 0 Å². The predicted octanol–water partition coefficient (Wildman–Crippen LogP) is 1.90. The first-order chi connectivity index (χ1) is 10.7. The number of benzene rings is 1. The second kappa shape index (κ2) is 8.98. The van der Waals surface area contributed by atoms with E-state index in [4.69, 9.17) is 14.2 Å². The van der Waals surface area contributed by atoms with Gasteiger partial charge in [0.25, 0.3) is 0 Å². The van der Waals surface area contributed by atoms with E-state index in [0.717, 1.165) is 57.4 Å². The normalized spacial score (nSPS) is 16.0. The van der Waals surface area contributed by atoms with Gasteiger partial charge < -0.3 is 19.5 Å². The van der Waals surface area contributed by atoms with Gasteiger partial charge in [-0.2, -0.15) is 0 Å². The maximum atomic E-state index is 5.80. The second-order valence-corrected chi connectivity index (χ2v) is 5.78. The minimum Gasteiger partial charge on any atom is -0.493 e. The summed E-state index contributed by atoms with van der Waals surface area (Å²) < 4.78 is 16.5. The van der Waals surface area contributed by atoms with Crippen molar-refractivity contribution in [3.05, 3.63) is 23.8 Å². The first-order valence-electron chi connectivity index (χ1n) is 8.03. The van der Waals surface area contributed by atoms with Gasteiger partial charge in [-0.15, -0.1) is 0 Å². The Labute approximate surface area is 133 Å². The van der Waals surface area contributed by atoms with E-state index in [1.54, 1.807) is 7.11 Å². The number of nitrogens with zero attached hydrogens (tertiary/aromatic N) is 1. The van der Waals surface area contributed by atoms with E-state index in [0.29, 0.717) is 0 Å². The van der Waals surface area contributed by atoms with Crippen LogP contribution in [0.3, 0.4) is 0 Å². The molecule has 0 saturated carbocycles. The van der Waals surface area contributed by atoms with E-state index in [2.05, 4.69) is 22.3 Å². The van der Waals surface area contributed by atoms with Crippen LogP contribution in [0.2, 0.25) is 0 Å². The van der Waals surface area contributed by atoms with Gasteiger partial charge in [-0.3, -0.25) is 4.90 Å². The first-order valence-corrected chi connectivity index (χ1v) is 8.03. The van der Waals surface area contributed by atoms with E-state index in [-0.39, 0.29) is 6.10 Å². The van der Waals surface area contributed by atoms with Gasteiger partial charge in [-0.1, -0.05) is 6.07 Å². The molecule has 0 radical (unpaired) electrons. The maximum absolute atomic E-state index is 5.80. The Hall–Kier alpha value is -1.30. The summed E-state index contributed by atoms with van der Waals surface area (Å²) in [5.74, 6) is 1.59. The number of hydrogen-bond donors (Lipinski definition) is 1. The van der Waals surface area contributed by atoms with E-state index < -0.39 is 0 Å². The Morgan fingerprint density at radius 2 is 2.00 bits per heavy atom. The second-order valence-electron chi connectivity index (χ2n) is 5.78. The van der Waals surface area contributed by atoms with Gasteiger partial charge in [0.05, 0.1) is 26.4 Å². The van der Waals surface area contributed by atoms with Gasteiger partial charge in [0, 0.05) is 32.7 Å². The fourth-order valence-corrected chi connectivity index (χ4v) is 2.47. The van der Waals surface area contributed by atoms with Crippen LogP contribution >= 0.6 is 0 Å². The molecule has 1 aliphatic rings. The SMILES string of the molecule is COc1ccc(CNCCN2CCOCC2)cc1OC(C)C. The van der Waals surface area contributed by atoms with Crippen molar-refractivity contribution in [2.45, 2.75) is 26.5 Å². The van der Waals surface area contributed by atoms with Gasteiger partial charge in [0.15, 0.2) is 11.5 Å². The Morgan fingerprint density at radius 3 is 2.68 bits per heavy atom. The zero-order chi connectivity index (χ0) is 15.8. The third-order valence-corrected chi connectivity index (χ3v) is 3.63. The molecule has 1 aliphatic heterocycles. The average molecular weight is 308 g/mol. The summed E-state index contributed by atoms with van der Waals surface area (Å²) >= 11 is 0. The highest BCUT2D eigenvalue weighted by atomic mass is 16.5. The number of rotatable bonds is 8. The topological polar surface area (TPSA) is 43.0 Å². The molecule has 124 valence electrons. The number of ether oxygens (including phenoxy) is 3. The molecule has 5 heteroatoms. The van der Waals surface area contributed by atoms with E-state index >= 15 is 0 Å². The molecule has 0 atom stereocenters. The lowest BCUT2D eigenvalue weighted by molar-refractivity contribution is 0.0384. The largest absolute Gasteiger partial charge is 0.493 e. The number of hydrogen-bond acceptors (Lipinski definition) is 5. The van der Waals surface area contributed by atoms with Crippen LogP contribution in [0.1, 0.15) is 19.4 Å². The van der Waals surface area contributed by atoms with Crippen molar-refractivity contribution in [3.8, 4) is 11.5 Å². The first kappa shape index (κ1) is 17.1. The monoisotopic (exact) mass is 308 g/mol. The van der Waals surface area contributed by atoms with Gasteiger partial charge >= 0.3 is 0 Å². The summed E-state index contributed by atoms with van der Waals surface area (Å²) in [6.07, 6.45) is 0.137. The van der Waals surface area contributed by atoms with Crippen LogP contribution in [-0.2, 0) is 11.3 Å². The van der Waals surface area contributed by atoms with Gasteiger partial charge in [0.2, 0.25) is 0 Å². The zero-order valence-electron chi connectivity index (χ0n) is 13.9. The molecule has 1 fully saturated rings. The van der Waals surface area contributed by atoms with Crippen LogP contribution in [0.4, 0.5) is 0 Å². The molecule has 0 bridgehead atoms. The lowest BCUT2D eigenvalue weighted by Gasteiger charge is -2.26. The fraction of sp³-hybridized carbons (Fsp3) is 0.647. The third-order valence-electron chi connectivity index (χ3n) is 3.63. The summed E-state index contributed by atoms with van der Waals surface area (Å²) in [6, 6.07) is 6.10. The van der Waals surface area contributed by atoms with Crippen LogP contribution in [0.5, 0.6) is 11.5 Å². The van der Waals surface area contributed by atoms with Gasteiger partial charge in [-0.05, 0) is 31.5 Å². The van der Waals surface area contributed by atoms with Crippen molar-refractivity contribution in [1.29, 1.82) is 0 Å². The van der Waals surface area contributed by atoms with Gasteiger partial charge in [-0.25, -0.2) is 0 Å². The van der Waals surface area contributed by atoms with Crippen LogP contribution in [0.15, 0.2) is 18.2 Å². The zero-order valence-corrected chi connectivity index (χ0v) is 13.9. The highest BCUT2D eigenvalue weighted by molar-refractivity contribution is 5.43. The average Bonchev–Trinajstić information content (AvgIpc) is 2.52. The third kappa shape index (κ3) is 5.48. The summed E-state index contributed by atoms with van der Waals surface area (Å²) in [6.45, 7) is 10.7. The Balaban J connectivity index is 1.79. The Kier molecular flexibility index (Phi) is 6.96. The van der Waals surface area contributed by atoms with Crippen LogP contribution in [-0.4, -0.2) is 57.5 Å². The minimum atomic E-state index is 0.137. The smallest absolute Gasteiger partial charge is 0.161 e. The Morgan fingerprint density at radius 1 is 1.23 bits per heavy atom. The van der Waals surface area contributed by atoms with Crippen LogP contribution in [0, 0.1) is 0 Å². The number of nitrogens with one attached hydrogen (secondary N) is 1. The molecule has 0 unspecified atom stereocenters. The molecule has 0 aliphatic carbocycles. The fourth-order valence-electron chi connectivity index (χ4n) is 2.47. The molecule has 1 aromatic rings. The lowest BCUT2D eigenvalue weighted by atomic mass is 10.2. The Bertz CT molecular complexity index is 446. The van der Waals surface area contributed by atoms with Crippen LogP contribution in [0.25, 0.3) is 0 Å². The van der Waals surface area contributed by atoms with Crippen molar-refractivity contribution in [2.24, 2.45) is 0 Å². The number of morpholine rings is 1. The van der Waals surface area contributed by atoms with Crippen molar-refractivity contribution in [3.63, 3.8) is 0 Å². The molecule has 22 heavy (non-hydrogen) atoms. The molecule has 0 aromatic heterocycles. The molecule has 0 amide bonds. The number of methoxy groups -OCH3 is 1. The molecule has 1 saturated heterocycles. The van der Waals surface area contributed by atoms with Crippen molar-refractivity contribution in [1.82, 2.24) is 10.2 Å². The lowest BCUT2D eigenvalue weighted by Crippen LogP contribution is -2.40. The molecule has 2 rings (SSSR count). The van der Waals surface area contributed by atoms with Crippen molar-refractivity contribution >= 4 is 0 Å². The molecule has 0 spiro atoms. The predicted molar refractivity (Wildman–Crippen MR) is 87.7 cm³/mol. The standard InChI is InChI=1S/C17H28N2O3/c1-14(2)22-17-12-15(4-5-16(17)20-3)13-18-6-7-19-8-10-21-11-9-19/h4-5,12,14,18H,6-11,13H2,1-3H3. The highest BCUT2D eigenvalue weighted by Crippen LogP contribution is 2.28. The highest BCUT2D eigenvalue weighted by Gasteiger charge is 2.10. The van der Waals surface area contributed by atoms with E-state index in [1.165, 1.54) is 5.56 Å². The molecule has 1 N–H and O–H groups in total. The quantitative estimate of drug-likeness (QED) is 0.743. The van der Waals surface area contributed by atoms with Crippen molar-refractivity contribution in [2.75, 3.05) is 46.5 Å². The maximum Gasteiger partial charge on any atom is 0.161 e. The van der Waals surface area contributed by atoms with Crippen LogP contribution < -0.4 is 14.8 Å². The van der Waals surface area contributed by atoms with Gasteiger partial charge in [0.1, 0.15) is 0 Å². The summed E-state index contributed by atoms with van der Waals surface area (Å²) in [7, 11) is 1.67. The molecular formula is C17H28N2O3.